The van der Waals surface area contributed by atoms with Crippen LogP contribution in [0.25, 0.3) is 0 Å². The number of hydrogen-bond acceptors (Lipinski definition) is 3. The molecule has 1 heterocycles. The van der Waals surface area contributed by atoms with Gasteiger partial charge in [0.05, 0.1) is 11.8 Å². The fourth-order valence-electron chi connectivity index (χ4n) is 1.47. The van der Waals surface area contributed by atoms with Crippen molar-refractivity contribution in [3.63, 3.8) is 0 Å². The maximum absolute atomic E-state index is 11.1. The summed E-state index contributed by atoms with van der Waals surface area (Å²) in [6, 6.07) is 0. The number of rotatable bonds is 3. The predicted octanol–water partition coefficient (Wildman–Crippen LogP) is 2.31. The SMILES string of the molecule is C=CCC1C(=O)OC(=O)C1CC.CC. The molecule has 0 N–H and O–H groups in total. The van der Waals surface area contributed by atoms with Gasteiger partial charge in [0.25, 0.3) is 0 Å². The molecule has 1 rings (SSSR count). The zero-order chi connectivity index (χ0) is 11.1. The molecule has 0 spiro atoms. The Hall–Kier alpha value is -1.12. The highest BCUT2D eigenvalue weighted by atomic mass is 16.6. The summed E-state index contributed by atoms with van der Waals surface area (Å²) in [5.74, 6) is -1.32. The van der Waals surface area contributed by atoms with Gasteiger partial charge in [-0.25, -0.2) is 0 Å². The van der Waals surface area contributed by atoms with Crippen LogP contribution in [0.2, 0.25) is 0 Å². The molecule has 1 aliphatic rings. The Labute approximate surface area is 85.1 Å². The summed E-state index contributed by atoms with van der Waals surface area (Å²) in [6.45, 7) is 9.41. The van der Waals surface area contributed by atoms with E-state index in [1.165, 1.54) is 0 Å². The predicted molar refractivity (Wildman–Crippen MR) is 54.5 cm³/mol. The van der Waals surface area contributed by atoms with Crippen molar-refractivity contribution in [2.75, 3.05) is 0 Å². The molecule has 0 saturated carbocycles. The van der Waals surface area contributed by atoms with E-state index in [0.717, 1.165) is 0 Å². The molecule has 0 amide bonds. The fourth-order valence-corrected chi connectivity index (χ4v) is 1.47. The molecule has 2 unspecified atom stereocenters. The number of carbonyl (C=O) groups excluding carboxylic acids is 2. The number of esters is 2. The quantitative estimate of drug-likeness (QED) is 0.397. The van der Waals surface area contributed by atoms with E-state index in [-0.39, 0.29) is 17.8 Å². The molecule has 80 valence electrons. The molecule has 0 aromatic carbocycles. The second-order valence-electron chi connectivity index (χ2n) is 2.89. The average Bonchev–Trinajstić information content (AvgIpc) is 2.45. The second kappa shape index (κ2) is 6.35. The molecule has 3 heteroatoms. The monoisotopic (exact) mass is 198 g/mol. The van der Waals surface area contributed by atoms with Crippen molar-refractivity contribution in [1.82, 2.24) is 0 Å². The van der Waals surface area contributed by atoms with Crippen LogP contribution in [0.4, 0.5) is 0 Å². The molecule has 14 heavy (non-hydrogen) atoms. The first-order chi connectivity index (χ1) is 6.70. The molecular weight excluding hydrogens is 180 g/mol. The zero-order valence-electron chi connectivity index (χ0n) is 9.08. The third kappa shape index (κ3) is 2.69. The van der Waals surface area contributed by atoms with Crippen LogP contribution < -0.4 is 0 Å². The molecule has 0 aromatic rings. The summed E-state index contributed by atoms with van der Waals surface area (Å²) in [7, 11) is 0. The van der Waals surface area contributed by atoms with Crippen LogP contribution in [0.5, 0.6) is 0 Å². The number of hydrogen-bond donors (Lipinski definition) is 0. The van der Waals surface area contributed by atoms with Gasteiger partial charge in [-0.2, -0.15) is 0 Å². The molecule has 0 radical (unpaired) electrons. The van der Waals surface area contributed by atoms with Gasteiger partial charge in [0.15, 0.2) is 0 Å². The third-order valence-electron chi connectivity index (χ3n) is 2.15. The van der Waals surface area contributed by atoms with E-state index in [9.17, 15) is 9.59 Å². The van der Waals surface area contributed by atoms with E-state index in [2.05, 4.69) is 11.3 Å². The van der Waals surface area contributed by atoms with Gasteiger partial charge >= 0.3 is 11.9 Å². The zero-order valence-corrected chi connectivity index (χ0v) is 9.08. The maximum atomic E-state index is 11.1. The van der Waals surface area contributed by atoms with E-state index in [1.54, 1.807) is 6.08 Å². The van der Waals surface area contributed by atoms with E-state index in [4.69, 9.17) is 0 Å². The van der Waals surface area contributed by atoms with Crippen molar-refractivity contribution < 1.29 is 14.3 Å². The summed E-state index contributed by atoms with van der Waals surface area (Å²) in [5, 5.41) is 0. The fraction of sp³-hybridized carbons (Fsp3) is 0.636. The first kappa shape index (κ1) is 12.9. The number of ether oxygens (including phenoxy) is 1. The van der Waals surface area contributed by atoms with Gasteiger partial charge in [-0.05, 0) is 12.8 Å². The lowest BCUT2D eigenvalue weighted by Crippen LogP contribution is -2.16. The van der Waals surface area contributed by atoms with Gasteiger partial charge in [-0.1, -0.05) is 26.8 Å². The average molecular weight is 198 g/mol. The smallest absolute Gasteiger partial charge is 0.317 e. The minimum atomic E-state index is -0.397. The normalized spacial score (nSPS) is 25.1. The van der Waals surface area contributed by atoms with Crippen LogP contribution in [0.1, 0.15) is 33.6 Å². The first-order valence-electron chi connectivity index (χ1n) is 5.07. The van der Waals surface area contributed by atoms with Crippen LogP contribution >= 0.6 is 0 Å². The van der Waals surface area contributed by atoms with Crippen LogP contribution in [0.15, 0.2) is 12.7 Å². The molecule has 1 fully saturated rings. The maximum Gasteiger partial charge on any atom is 0.317 e. The van der Waals surface area contributed by atoms with Gasteiger partial charge in [0.1, 0.15) is 0 Å². The van der Waals surface area contributed by atoms with E-state index in [1.807, 2.05) is 20.8 Å². The highest BCUT2D eigenvalue weighted by molar-refractivity contribution is 5.96. The molecule has 0 bridgehead atoms. The van der Waals surface area contributed by atoms with Crippen molar-refractivity contribution in [2.24, 2.45) is 11.8 Å². The van der Waals surface area contributed by atoms with Crippen molar-refractivity contribution in [3.05, 3.63) is 12.7 Å². The van der Waals surface area contributed by atoms with Gasteiger partial charge in [-0.15, -0.1) is 6.58 Å². The molecule has 3 nitrogen and oxygen atoms in total. The highest BCUT2D eigenvalue weighted by Crippen LogP contribution is 2.28. The van der Waals surface area contributed by atoms with Gasteiger partial charge in [0, 0.05) is 0 Å². The van der Waals surface area contributed by atoms with Crippen LogP contribution in [-0.4, -0.2) is 11.9 Å². The largest absolute Gasteiger partial charge is 0.393 e. The standard InChI is InChI=1S/C9H12O3.C2H6/c1-3-5-7-6(4-2)8(10)12-9(7)11;1-2/h3,6-7H,1,4-5H2,2H3;1-2H3. The Morgan fingerprint density at radius 3 is 2.21 bits per heavy atom. The summed E-state index contributed by atoms with van der Waals surface area (Å²) in [5.41, 5.74) is 0. The lowest BCUT2D eigenvalue weighted by atomic mass is 9.90. The minimum absolute atomic E-state index is 0.254. The van der Waals surface area contributed by atoms with Gasteiger partial charge in [-0.3, -0.25) is 9.59 Å². The van der Waals surface area contributed by atoms with Gasteiger partial charge < -0.3 is 4.74 Å². The van der Waals surface area contributed by atoms with Crippen molar-refractivity contribution in [2.45, 2.75) is 33.6 Å². The Balaban J connectivity index is 0.000000791. The van der Waals surface area contributed by atoms with Crippen molar-refractivity contribution in [3.8, 4) is 0 Å². The summed E-state index contributed by atoms with van der Waals surface area (Å²) in [4.78, 5) is 22.1. The second-order valence-corrected chi connectivity index (χ2v) is 2.89. The molecule has 1 aliphatic heterocycles. The molecular formula is C11H18O3. The lowest BCUT2D eigenvalue weighted by molar-refractivity contribution is -0.153. The molecule has 2 atom stereocenters. The Kier molecular flexibility index (Phi) is 5.84. The van der Waals surface area contributed by atoms with Crippen LogP contribution in [0, 0.1) is 11.8 Å². The Morgan fingerprint density at radius 2 is 1.79 bits per heavy atom. The molecule has 0 aliphatic carbocycles. The summed E-state index contributed by atoms with van der Waals surface area (Å²) < 4.78 is 4.50. The van der Waals surface area contributed by atoms with Crippen molar-refractivity contribution in [1.29, 1.82) is 0 Å². The lowest BCUT2D eigenvalue weighted by Gasteiger charge is -2.07. The van der Waals surface area contributed by atoms with Crippen molar-refractivity contribution >= 4 is 11.9 Å². The summed E-state index contributed by atoms with van der Waals surface area (Å²) in [6.07, 6.45) is 2.83. The number of allylic oxidation sites excluding steroid dienone is 1. The van der Waals surface area contributed by atoms with E-state index in [0.29, 0.717) is 12.8 Å². The van der Waals surface area contributed by atoms with Gasteiger partial charge in [0.2, 0.25) is 0 Å². The van der Waals surface area contributed by atoms with Crippen LogP contribution in [-0.2, 0) is 14.3 Å². The number of carbonyl (C=O) groups is 2. The van der Waals surface area contributed by atoms with Crippen LogP contribution in [0.3, 0.4) is 0 Å². The topological polar surface area (TPSA) is 43.4 Å². The van der Waals surface area contributed by atoms with E-state index >= 15 is 0 Å². The summed E-state index contributed by atoms with van der Waals surface area (Å²) >= 11 is 0. The third-order valence-corrected chi connectivity index (χ3v) is 2.15. The van der Waals surface area contributed by atoms with E-state index < -0.39 is 5.97 Å². The molecule has 1 saturated heterocycles. The Morgan fingerprint density at radius 1 is 1.29 bits per heavy atom. The first-order valence-corrected chi connectivity index (χ1v) is 5.07. The minimum Gasteiger partial charge on any atom is -0.393 e. The Bertz CT molecular complexity index is 221. The highest BCUT2D eigenvalue weighted by Gasteiger charge is 2.41. The number of cyclic esters (lactones) is 2. The molecule has 0 aromatic heterocycles.